The van der Waals surface area contributed by atoms with Gasteiger partial charge in [-0.05, 0) is 18.1 Å². The molecule has 0 spiro atoms. The fourth-order valence-corrected chi connectivity index (χ4v) is 3.18. The first-order valence-electron chi connectivity index (χ1n) is 9.14. The summed E-state index contributed by atoms with van der Waals surface area (Å²) in [6.45, 7) is 0.957. The summed E-state index contributed by atoms with van der Waals surface area (Å²) in [6.07, 6.45) is 0.372. The zero-order chi connectivity index (χ0) is 19.9. The Labute approximate surface area is 163 Å². The van der Waals surface area contributed by atoms with Gasteiger partial charge in [0.1, 0.15) is 5.58 Å². The molecule has 0 bridgehead atoms. The Morgan fingerprint density at radius 1 is 1.07 bits per heavy atom. The van der Waals surface area contributed by atoms with E-state index in [9.17, 15) is 9.59 Å². The van der Waals surface area contributed by atoms with E-state index in [2.05, 4.69) is 0 Å². The molecule has 3 aromatic rings. The number of carboxylic acids is 1. The Hall–Kier alpha value is -3.12. The quantitative estimate of drug-likeness (QED) is 0.604. The molecule has 0 saturated carbocycles. The summed E-state index contributed by atoms with van der Waals surface area (Å²) in [6, 6.07) is 17.1. The topological polar surface area (TPSA) is 80.0 Å². The van der Waals surface area contributed by atoms with Crippen LogP contribution in [-0.4, -0.2) is 35.5 Å². The number of ether oxygens (including phenoxy) is 1. The number of amides is 1. The van der Waals surface area contributed by atoms with Gasteiger partial charge in [0.25, 0.3) is 5.91 Å². The van der Waals surface area contributed by atoms with Gasteiger partial charge in [-0.1, -0.05) is 48.5 Å². The Morgan fingerprint density at radius 3 is 2.50 bits per heavy atom. The highest BCUT2D eigenvalue weighted by atomic mass is 16.5. The van der Waals surface area contributed by atoms with Crippen LogP contribution in [-0.2, 0) is 22.7 Å². The molecule has 28 heavy (non-hydrogen) atoms. The van der Waals surface area contributed by atoms with Crippen molar-refractivity contribution in [3.63, 3.8) is 0 Å². The van der Waals surface area contributed by atoms with Gasteiger partial charge in [0.2, 0.25) is 0 Å². The maximum Gasteiger partial charge on any atom is 0.303 e. The van der Waals surface area contributed by atoms with Crippen LogP contribution in [0.25, 0.3) is 11.0 Å². The SMILES string of the molecule is COCc1c(C(=O)N(CCCC(=O)O)Cc2ccccc2)oc2ccccc12. The minimum absolute atomic E-state index is 0.00360. The molecule has 0 atom stereocenters. The molecule has 146 valence electrons. The molecule has 3 rings (SSSR count). The van der Waals surface area contributed by atoms with Crippen molar-refractivity contribution in [2.45, 2.75) is 26.0 Å². The zero-order valence-electron chi connectivity index (χ0n) is 15.8. The normalized spacial score (nSPS) is 10.9. The number of para-hydroxylation sites is 1. The van der Waals surface area contributed by atoms with Crippen LogP contribution in [0.1, 0.15) is 34.5 Å². The van der Waals surface area contributed by atoms with Crippen molar-refractivity contribution in [3.8, 4) is 0 Å². The van der Waals surface area contributed by atoms with Crippen LogP contribution >= 0.6 is 0 Å². The zero-order valence-corrected chi connectivity index (χ0v) is 15.8. The summed E-state index contributed by atoms with van der Waals surface area (Å²) < 4.78 is 11.2. The first-order chi connectivity index (χ1) is 13.6. The van der Waals surface area contributed by atoms with Crippen molar-refractivity contribution in [1.82, 2.24) is 4.90 Å². The van der Waals surface area contributed by atoms with Gasteiger partial charge in [-0.25, -0.2) is 0 Å². The van der Waals surface area contributed by atoms with Gasteiger partial charge >= 0.3 is 5.97 Å². The molecule has 0 unspecified atom stereocenters. The molecule has 0 aliphatic rings. The number of furan rings is 1. The van der Waals surface area contributed by atoms with E-state index in [4.69, 9.17) is 14.3 Å². The van der Waals surface area contributed by atoms with E-state index in [-0.39, 0.29) is 24.7 Å². The van der Waals surface area contributed by atoms with Crippen molar-refractivity contribution in [2.75, 3.05) is 13.7 Å². The second kappa shape index (κ2) is 9.19. The van der Waals surface area contributed by atoms with Crippen LogP contribution in [0.3, 0.4) is 0 Å². The van der Waals surface area contributed by atoms with Crippen LogP contribution in [0.5, 0.6) is 0 Å². The molecule has 0 radical (unpaired) electrons. The van der Waals surface area contributed by atoms with Crippen molar-refractivity contribution in [1.29, 1.82) is 0 Å². The van der Waals surface area contributed by atoms with Gasteiger partial charge in [0, 0.05) is 37.6 Å². The van der Waals surface area contributed by atoms with Crippen LogP contribution in [0.15, 0.2) is 59.0 Å². The van der Waals surface area contributed by atoms with Gasteiger partial charge in [-0.3, -0.25) is 9.59 Å². The smallest absolute Gasteiger partial charge is 0.303 e. The highest BCUT2D eigenvalue weighted by Gasteiger charge is 2.25. The highest BCUT2D eigenvalue weighted by Crippen LogP contribution is 2.28. The maximum atomic E-state index is 13.3. The number of methoxy groups -OCH3 is 1. The number of fused-ring (bicyclic) bond motifs is 1. The number of rotatable bonds is 9. The minimum Gasteiger partial charge on any atom is -0.481 e. The Morgan fingerprint density at radius 2 is 1.79 bits per heavy atom. The molecule has 0 aliphatic heterocycles. The highest BCUT2D eigenvalue weighted by molar-refractivity contribution is 5.99. The van der Waals surface area contributed by atoms with Gasteiger partial charge in [-0.15, -0.1) is 0 Å². The van der Waals surface area contributed by atoms with Gasteiger partial charge < -0.3 is 19.2 Å². The van der Waals surface area contributed by atoms with E-state index in [0.29, 0.717) is 30.7 Å². The van der Waals surface area contributed by atoms with Crippen LogP contribution < -0.4 is 0 Å². The third-order valence-electron chi connectivity index (χ3n) is 4.50. The van der Waals surface area contributed by atoms with Crippen molar-refractivity contribution in [3.05, 3.63) is 71.5 Å². The summed E-state index contributed by atoms with van der Waals surface area (Å²) in [4.78, 5) is 25.9. The second-order valence-corrected chi connectivity index (χ2v) is 6.55. The Balaban J connectivity index is 1.92. The van der Waals surface area contributed by atoms with E-state index >= 15 is 0 Å². The lowest BCUT2D eigenvalue weighted by Crippen LogP contribution is -2.32. The van der Waals surface area contributed by atoms with Gasteiger partial charge in [0.15, 0.2) is 5.76 Å². The van der Waals surface area contributed by atoms with Crippen LogP contribution in [0.4, 0.5) is 0 Å². The maximum absolute atomic E-state index is 13.3. The number of carbonyl (C=O) groups is 2. The van der Waals surface area contributed by atoms with Crippen LogP contribution in [0, 0.1) is 0 Å². The van der Waals surface area contributed by atoms with Gasteiger partial charge in [0.05, 0.1) is 6.61 Å². The van der Waals surface area contributed by atoms with E-state index in [1.165, 1.54) is 0 Å². The molecular formula is C22H23NO5. The molecular weight excluding hydrogens is 358 g/mol. The fourth-order valence-electron chi connectivity index (χ4n) is 3.18. The molecule has 1 N–H and O–H groups in total. The molecule has 6 heteroatoms. The molecule has 1 heterocycles. The predicted octanol–water partition coefficient (Wildman–Crippen LogP) is 4.09. The molecule has 0 saturated heterocycles. The molecule has 1 aromatic heterocycles. The largest absolute Gasteiger partial charge is 0.481 e. The molecule has 6 nitrogen and oxygen atoms in total. The molecule has 2 aromatic carbocycles. The lowest BCUT2D eigenvalue weighted by Gasteiger charge is -2.22. The number of benzene rings is 2. The summed E-state index contributed by atoms with van der Waals surface area (Å²) in [5, 5.41) is 9.79. The lowest BCUT2D eigenvalue weighted by atomic mass is 10.1. The average Bonchev–Trinajstić information content (AvgIpc) is 3.06. The Kier molecular flexibility index (Phi) is 6.45. The standard InChI is InChI=1S/C22H23NO5/c1-27-15-18-17-10-5-6-11-19(17)28-21(18)22(26)23(13-7-12-20(24)25)14-16-8-3-2-4-9-16/h2-6,8-11H,7,12-15H2,1H3,(H,24,25). The average molecular weight is 381 g/mol. The summed E-state index contributed by atoms with van der Waals surface area (Å²) in [7, 11) is 1.57. The van der Waals surface area contributed by atoms with Gasteiger partial charge in [-0.2, -0.15) is 0 Å². The number of hydrogen-bond acceptors (Lipinski definition) is 4. The Bertz CT molecular complexity index is 948. The monoisotopic (exact) mass is 381 g/mol. The first kappa shape index (κ1) is 19.6. The number of nitrogens with zero attached hydrogens (tertiary/aromatic N) is 1. The third-order valence-corrected chi connectivity index (χ3v) is 4.50. The van der Waals surface area contributed by atoms with E-state index in [1.54, 1.807) is 12.0 Å². The fraction of sp³-hybridized carbons (Fsp3) is 0.273. The lowest BCUT2D eigenvalue weighted by molar-refractivity contribution is -0.137. The number of aliphatic carboxylic acids is 1. The number of hydrogen-bond donors (Lipinski definition) is 1. The van der Waals surface area contributed by atoms with Crippen molar-refractivity contribution >= 4 is 22.8 Å². The van der Waals surface area contributed by atoms with E-state index in [1.807, 2.05) is 54.6 Å². The van der Waals surface area contributed by atoms with E-state index < -0.39 is 5.97 Å². The minimum atomic E-state index is -0.879. The molecule has 0 fully saturated rings. The third kappa shape index (κ3) is 4.58. The second-order valence-electron chi connectivity index (χ2n) is 6.55. The predicted molar refractivity (Wildman–Crippen MR) is 105 cm³/mol. The summed E-state index contributed by atoms with van der Waals surface area (Å²) >= 11 is 0. The number of carboxylic acid groups (broad SMARTS) is 1. The number of carbonyl (C=O) groups excluding carboxylic acids is 1. The summed E-state index contributed by atoms with van der Waals surface area (Å²) in [5.74, 6) is -0.900. The van der Waals surface area contributed by atoms with Crippen LogP contribution in [0.2, 0.25) is 0 Å². The van der Waals surface area contributed by atoms with Crippen molar-refractivity contribution in [2.24, 2.45) is 0 Å². The van der Waals surface area contributed by atoms with E-state index in [0.717, 1.165) is 10.9 Å². The molecule has 1 amide bonds. The summed E-state index contributed by atoms with van der Waals surface area (Å²) in [5.41, 5.74) is 2.30. The van der Waals surface area contributed by atoms with Crippen molar-refractivity contribution < 1.29 is 23.8 Å². The molecule has 0 aliphatic carbocycles. The first-order valence-corrected chi connectivity index (χ1v) is 9.14.